The van der Waals surface area contributed by atoms with Gasteiger partial charge in [-0.3, -0.25) is 0 Å². The van der Waals surface area contributed by atoms with E-state index in [0.29, 0.717) is 5.92 Å². The van der Waals surface area contributed by atoms with Crippen molar-refractivity contribution < 1.29 is 9.90 Å². The summed E-state index contributed by atoms with van der Waals surface area (Å²) in [4.78, 5) is 11.0. The first-order valence-corrected chi connectivity index (χ1v) is 6.68. The quantitative estimate of drug-likeness (QED) is 0.815. The van der Waals surface area contributed by atoms with E-state index >= 15 is 0 Å². The van der Waals surface area contributed by atoms with E-state index in [1.165, 1.54) is 30.9 Å². The van der Waals surface area contributed by atoms with E-state index in [9.17, 15) is 4.79 Å². The van der Waals surface area contributed by atoms with Crippen LogP contribution in [0.25, 0.3) is 5.57 Å². The molecule has 1 fully saturated rings. The summed E-state index contributed by atoms with van der Waals surface area (Å²) in [5.74, 6) is -0.422. The van der Waals surface area contributed by atoms with Crippen molar-refractivity contribution in [2.24, 2.45) is 5.92 Å². The molecule has 0 saturated heterocycles. The van der Waals surface area contributed by atoms with Gasteiger partial charge in [0, 0.05) is 6.08 Å². The number of rotatable bonds is 3. The zero-order chi connectivity index (χ0) is 13.0. The largest absolute Gasteiger partial charge is 0.478 e. The van der Waals surface area contributed by atoms with Gasteiger partial charge in [0.15, 0.2) is 0 Å². The van der Waals surface area contributed by atoms with Crippen LogP contribution in [-0.2, 0) is 4.79 Å². The van der Waals surface area contributed by atoms with Gasteiger partial charge in [0.25, 0.3) is 0 Å². The van der Waals surface area contributed by atoms with Gasteiger partial charge in [0.2, 0.25) is 0 Å². The molecule has 1 aliphatic rings. The van der Waals surface area contributed by atoms with Crippen LogP contribution in [-0.4, -0.2) is 11.1 Å². The third kappa shape index (κ3) is 3.22. The molecular weight excluding hydrogens is 224 g/mol. The zero-order valence-electron chi connectivity index (χ0n) is 10.9. The van der Waals surface area contributed by atoms with E-state index < -0.39 is 5.97 Å². The molecule has 0 heterocycles. The topological polar surface area (TPSA) is 37.3 Å². The number of carboxylic acids is 1. The van der Waals surface area contributed by atoms with Crippen LogP contribution in [0, 0.1) is 12.8 Å². The number of allylic oxidation sites excluding steroid dienone is 1. The van der Waals surface area contributed by atoms with Crippen molar-refractivity contribution >= 4 is 11.5 Å². The van der Waals surface area contributed by atoms with Gasteiger partial charge in [0.05, 0.1) is 0 Å². The van der Waals surface area contributed by atoms with E-state index in [2.05, 4.69) is 0 Å². The predicted molar refractivity (Wildman–Crippen MR) is 73.4 cm³/mol. The summed E-state index contributed by atoms with van der Waals surface area (Å²) in [6.45, 7) is 2.05. The molecule has 0 amide bonds. The van der Waals surface area contributed by atoms with Crippen LogP contribution in [0.5, 0.6) is 0 Å². The Morgan fingerprint density at radius 1 is 1.17 bits per heavy atom. The number of carbonyl (C=O) groups is 1. The monoisotopic (exact) mass is 244 g/mol. The third-order valence-corrected chi connectivity index (χ3v) is 3.71. The summed E-state index contributed by atoms with van der Waals surface area (Å²) < 4.78 is 0. The van der Waals surface area contributed by atoms with E-state index in [1.807, 2.05) is 31.2 Å². The minimum absolute atomic E-state index is 0.414. The lowest BCUT2D eigenvalue weighted by molar-refractivity contribution is -0.131. The number of aliphatic carboxylic acids is 1. The molecule has 0 spiro atoms. The number of hydrogen-bond donors (Lipinski definition) is 1. The molecule has 2 heteroatoms. The molecule has 1 N–H and O–H groups in total. The molecule has 0 radical (unpaired) electrons. The molecule has 0 aromatic heterocycles. The average molecular weight is 244 g/mol. The Balaban J connectivity index is 2.30. The number of carboxylic acid groups (broad SMARTS) is 1. The molecule has 0 aliphatic heterocycles. The molecule has 18 heavy (non-hydrogen) atoms. The van der Waals surface area contributed by atoms with Crippen molar-refractivity contribution in [3.05, 3.63) is 41.5 Å². The molecule has 96 valence electrons. The Labute approximate surface area is 108 Å². The van der Waals surface area contributed by atoms with Gasteiger partial charge in [-0.15, -0.1) is 0 Å². The maximum atomic E-state index is 11.0. The second-order valence-electron chi connectivity index (χ2n) is 5.14. The Morgan fingerprint density at radius 2 is 1.78 bits per heavy atom. The van der Waals surface area contributed by atoms with Crippen LogP contribution in [0.2, 0.25) is 0 Å². The molecule has 1 saturated carbocycles. The van der Waals surface area contributed by atoms with E-state index in [1.54, 1.807) is 0 Å². The molecule has 0 bridgehead atoms. The minimum atomic E-state index is -0.837. The highest BCUT2D eigenvalue weighted by Gasteiger charge is 2.19. The first-order chi connectivity index (χ1) is 8.66. The molecule has 1 aromatic rings. The molecule has 2 rings (SSSR count). The summed E-state index contributed by atoms with van der Waals surface area (Å²) in [5, 5.41) is 9.05. The van der Waals surface area contributed by atoms with Gasteiger partial charge in [-0.25, -0.2) is 4.79 Å². The predicted octanol–water partition coefficient (Wildman–Crippen LogP) is 4.04. The lowest BCUT2D eigenvalue weighted by Crippen LogP contribution is -2.10. The van der Waals surface area contributed by atoms with E-state index in [0.717, 1.165) is 24.0 Å². The Hall–Kier alpha value is -1.57. The maximum Gasteiger partial charge on any atom is 0.328 e. The summed E-state index contributed by atoms with van der Waals surface area (Å²) >= 11 is 0. The molecule has 1 aromatic carbocycles. The highest BCUT2D eigenvalue weighted by molar-refractivity contribution is 5.90. The summed E-state index contributed by atoms with van der Waals surface area (Å²) in [7, 11) is 0. The maximum absolute atomic E-state index is 11.0. The second-order valence-corrected chi connectivity index (χ2v) is 5.14. The van der Waals surface area contributed by atoms with Crippen molar-refractivity contribution in [2.75, 3.05) is 0 Å². The van der Waals surface area contributed by atoms with Gasteiger partial charge < -0.3 is 5.11 Å². The van der Waals surface area contributed by atoms with Gasteiger partial charge in [0.1, 0.15) is 0 Å². The number of aryl methyl sites for hydroxylation is 1. The van der Waals surface area contributed by atoms with Crippen LogP contribution in [0.4, 0.5) is 0 Å². The summed E-state index contributed by atoms with van der Waals surface area (Å²) in [6, 6.07) is 8.18. The first-order valence-electron chi connectivity index (χ1n) is 6.68. The highest BCUT2D eigenvalue weighted by Crippen LogP contribution is 2.35. The zero-order valence-corrected chi connectivity index (χ0v) is 10.9. The average Bonchev–Trinajstić information content (AvgIpc) is 2.38. The van der Waals surface area contributed by atoms with Crippen molar-refractivity contribution in [2.45, 2.75) is 39.0 Å². The van der Waals surface area contributed by atoms with Crippen LogP contribution in [0.1, 0.15) is 43.2 Å². The number of benzene rings is 1. The Kier molecular flexibility index (Phi) is 4.19. The molecule has 2 nitrogen and oxygen atoms in total. The molecule has 1 aliphatic carbocycles. The highest BCUT2D eigenvalue weighted by atomic mass is 16.4. The fourth-order valence-electron chi connectivity index (χ4n) is 2.73. The van der Waals surface area contributed by atoms with Crippen LogP contribution in [0.3, 0.4) is 0 Å². The SMILES string of the molecule is Cc1ccc(/C(=C/C(=O)O)C2CCCCC2)cc1. The van der Waals surface area contributed by atoms with Gasteiger partial charge >= 0.3 is 5.97 Å². The standard InChI is InChI=1S/C16H20O2/c1-12-7-9-14(10-8-12)15(11-16(17)18)13-5-3-2-4-6-13/h7-11,13H,2-6H2,1H3,(H,17,18)/b15-11+. The lowest BCUT2D eigenvalue weighted by atomic mass is 9.80. The first kappa shape index (κ1) is 12.9. The van der Waals surface area contributed by atoms with Crippen LogP contribution >= 0.6 is 0 Å². The van der Waals surface area contributed by atoms with Crippen molar-refractivity contribution in [3.8, 4) is 0 Å². The lowest BCUT2D eigenvalue weighted by Gasteiger charge is -2.24. The smallest absolute Gasteiger partial charge is 0.328 e. The third-order valence-electron chi connectivity index (χ3n) is 3.71. The van der Waals surface area contributed by atoms with Crippen molar-refractivity contribution in [1.82, 2.24) is 0 Å². The van der Waals surface area contributed by atoms with Gasteiger partial charge in [-0.05, 0) is 36.8 Å². The Bertz CT molecular complexity index is 437. The van der Waals surface area contributed by atoms with Gasteiger partial charge in [-0.1, -0.05) is 49.1 Å². The normalized spacial score (nSPS) is 17.7. The fraction of sp³-hybridized carbons (Fsp3) is 0.438. The van der Waals surface area contributed by atoms with Crippen molar-refractivity contribution in [1.29, 1.82) is 0 Å². The molecule has 0 unspecified atom stereocenters. The second kappa shape index (κ2) is 5.85. The molecule has 0 atom stereocenters. The van der Waals surface area contributed by atoms with Crippen LogP contribution in [0.15, 0.2) is 30.3 Å². The fourth-order valence-corrected chi connectivity index (χ4v) is 2.73. The van der Waals surface area contributed by atoms with E-state index in [-0.39, 0.29) is 0 Å². The summed E-state index contributed by atoms with van der Waals surface area (Å²) in [6.07, 6.45) is 7.35. The minimum Gasteiger partial charge on any atom is -0.478 e. The Morgan fingerprint density at radius 3 is 2.33 bits per heavy atom. The molecular formula is C16H20O2. The van der Waals surface area contributed by atoms with Gasteiger partial charge in [-0.2, -0.15) is 0 Å². The number of hydrogen-bond acceptors (Lipinski definition) is 1. The van der Waals surface area contributed by atoms with E-state index in [4.69, 9.17) is 5.11 Å². The summed E-state index contributed by atoms with van der Waals surface area (Å²) in [5.41, 5.74) is 3.27. The van der Waals surface area contributed by atoms with Crippen LogP contribution < -0.4 is 0 Å². The van der Waals surface area contributed by atoms with Crippen molar-refractivity contribution in [3.63, 3.8) is 0 Å².